The quantitative estimate of drug-likeness (QED) is 0.278. The fourth-order valence-corrected chi connectivity index (χ4v) is 2.31. The number of hydrogen-bond donors (Lipinski definition) is 2. The van der Waals surface area contributed by atoms with Crippen molar-refractivity contribution >= 4 is 35.8 Å². The molecule has 0 saturated carbocycles. The Kier molecular flexibility index (Phi) is 12.6. The lowest BCUT2D eigenvalue weighted by atomic mass is 10.3. The molecule has 0 aromatic carbocycles. The molecule has 6 nitrogen and oxygen atoms in total. The molecule has 1 aliphatic rings. The van der Waals surface area contributed by atoms with Gasteiger partial charge in [-0.3, -0.25) is 14.7 Å². The first-order valence-corrected chi connectivity index (χ1v) is 8.17. The molecular formula is C15H32IN5O. The van der Waals surface area contributed by atoms with E-state index in [1.54, 1.807) is 6.92 Å². The van der Waals surface area contributed by atoms with Gasteiger partial charge in [0.15, 0.2) is 5.96 Å². The van der Waals surface area contributed by atoms with Crippen LogP contribution < -0.4 is 10.6 Å². The van der Waals surface area contributed by atoms with Crippen LogP contribution >= 0.6 is 24.0 Å². The molecule has 1 heterocycles. The highest BCUT2D eigenvalue weighted by atomic mass is 127. The average Bonchev–Trinajstić information content (AvgIpc) is 2.48. The molecule has 2 N–H and O–H groups in total. The first-order valence-electron chi connectivity index (χ1n) is 8.17. The number of nitrogens with zero attached hydrogens (tertiary/aromatic N) is 3. The van der Waals surface area contributed by atoms with Crippen molar-refractivity contribution in [2.75, 3.05) is 52.4 Å². The Morgan fingerprint density at radius 1 is 1.14 bits per heavy atom. The molecule has 7 heteroatoms. The highest BCUT2D eigenvalue weighted by Crippen LogP contribution is 2.00. The van der Waals surface area contributed by atoms with E-state index < -0.39 is 0 Å². The highest BCUT2D eigenvalue weighted by molar-refractivity contribution is 14.0. The van der Waals surface area contributed by atoms with Crippen molar-refractivity contribution in [1.29, 1.82) is 0 Å². The number of amides is 1. The number of hydrogen-bond acceptors (Lipinski definition) is 3. The van der Waals surface area contributed by atoms with Crippen molar-refractivity contribution in [3.05, 3.63) is 0 Å². The van der Waals surface area contributed by atoms with Crippen LogP contribution in [0.3, 0.4) is 0 Å². The van der Waals surface area contributed by atoms with Gasteiger partial charge in [-0.25, -0.2) is 0 Å². The molecule has 0 aliphatic carbocycles. The minimum Gasteiger partial charge on any atom is -0.357 e. The number of rotatable bonds is 7. The molecule has 0 atom stereocenters. The van der Waals surface area contributed by atoms with Crippen LogP contribution in [0.25, 0.3) is 0 Å². The molecule has 0 unspecified atom stereocenters. The van der Waals surface area contributed by atoms with Crippen molar-refractivity contribution in [2.24, 2.45) is 4.99 Å². The smallest absolute Gasteiger partial charge is 0.219 e. The molecule has 1 amide bonds. The summed E-state index contributed by atoms with van der Waals surface area (Å²) in [5.74, 6) is 1.10. The van der Waals surface area contributed by atoms with Crippen LogP contribution in [0.4, 0.5) is 0 Å². The number of guanidine groups is 1. The average molecular weight is 425 g/mol. The Labute approximate surface area is 152 Å². The molecule has 1 fully saturated rings. The summed E-state index contributed by atoms with van der Waals surface area (Å²) in [6, 6.07) is 0. The van der Waals surface area contributed by atoms with Crippen LogP contribution in [0.1, 0.15) is 33.6 Å². The van der Waals surface area contributed by atoms with Gasteiger partial charge in [0.1, 0.15) is 0 Å². The lowest BCUT2D eigenvalue weighted by molar-refractivity contribution is -0.130. The Balaban J connectivity index is 0.00000441. The Morgan fingerprint density at radius 3 is 2.36 bits per heavy atom. The van der Waals surface area contributed by atoms with Gasteiger partial charge in [-0.05, 0) is 13.3 Å². The van der Waals surface area contributed by atoms with Gasteiger partial charge in [0.05, 0.1) is 0 Å². The molecule has 0 aromatic rings. The zero-order chi connectivity index (χ0) is 15.5. The van der Waals surface area contributed by atoms with E-state index in [9.17, 15) is 4.79 Å². The van der Waals surface area contributed by atoms with E-state index in [-0.39, 0.29) is 29.9 Å². The molecule has 1 saturated heterocycles. The van der Waals surface area contributed by atoms with Gasteiger partial charge >= 0.3 is 0 Å². The van der Waals surface area contributed by atoms with Crippen molar-refractivity contribution in [2.45, 2.75) is 33.6 Å². The zero-order valence-electron chi connectivity index (χ0n) is 14.2. The van der Waals surface area contributed by atoms with Gasteiger partial charge < -0.3 is 15.5 Å². The fraction of sp³-hybridized carbons (Fsp3) is 0.867. The van der Waals surface area contributed by atoms with E-state index in [2.05, 4.69) is 34.4 Å². The molecule has 0 bridgehead atoms. The Morgan fingerprint density at radius 2 is 1.82 bits per heavy atom. The van der Waals surface area contributed by atoms with E-state index >= 15 is 0 Å². The van der Waals surface area contributed by atoms with Gasteiger partial charge in [-0.15, -0.1) is 24.0 Å². The lowest BCUT2D eigenvalue weighted by Gasteiger charge is -2.34. The van der Waals surface area contributed by atoms with E-state index in [4.69, 9.17) is 0 Å². The summed E-state index contributed by atoms with van der Waals surface area (Å²) in [4.78, 5) is 20.1. The molecule has 1 rings (SSSR count). The third-order valence-electron chi connectivity index (χ3n) is 3.66. The summed E-state index contributed by atoms with van der Waals surface area (Å²) in [6.45, 7) is 13.2. The monoisotopic (exact) mass is 425 g/mol. The minimum atomic E-state index is 0. The van der Waals surface area contributed by atoms with Gasteiger partial charge in [0, 0.05) is 59.3 Å². The second-order valence-electron chi connectivity index (χ2n) is 5.39. The SMILES string of the molecule is CCCCN=C(NCC)NCCN1CCN(C(C)=O)CC1.I. The van der Waals surface area contributed by atoms with Crippen LogP contribution in [-0.4, -0.2) is 74.0 Å². The largest absolute Gasteiger partial charge is 0.357 e. The van der Waals surface area contributed by atoms with Crippen LogP contribution in [0, 0.1) is 0 Å². The predicted octanol–water partition coefficient (Wildman–Crippen LogP) is 1.12. The maximum Gasteiger partial charge on any atom is 0.219 e. The molecule has 130 valence electrons. The second kappa shape index (κ2) is 12.9. The maximum absolute atomic E-state index is 11.3. The van der Waals surface area contributed by atoms with Crippen LogP contribution in [-0.2, 0) is 4.79 Å². The summed E-state index contributed by atoms with van der Waals surface area (Å²) in [5.41, 5.74) is 0. The number of unbranched alkanes of at least 4 members (excludes halogenated alkanes) is 1. The number of halogens is 1. The molecule has 0 aromatic heterocycles. The summed E-state index contributed by atoms with van der Waals surface area (Å²) in [7, 11) is 0. The third kappa shape index (κ3) is 8.77. The minimum absolute atomic E-state index is 0. The second-order valence-corrected chi connectivity index (χ2v) is 5.39. The summed E-state index contributed by atoms with van der Waals surface area (Å²) in [6.07, 6.45) is 2.30. The van der Waals surface area contributed by atoms with Gasteiger partial charge in [0.2, 0.25) is 5.91 Å². The summed E-state index contributed by atoms with van der Waals surface area (Å²) in [5, 5.41) is 6.65. The maximum atomic E-state index is 11.3. The van der Waals surface area contributed by atoms with Gasteiger partial charge in [-0.2, -0.15) is 0 Å². The Hall–Kier alpha value is -0.570. The predicted molar refractivity (Wildman–Crippen MR) is 103 cm³/mol. The number of nitrogens with one attached hydrogen (secondary N) is 2. The van der Waals surface area contributed by atoms with Crippen molar-refractivity contribution in [3.8, 4) is 0 Å². The third-order valence-corrected chi connectivity index (χ3v) is 3.66. The van der Waals surface area contributed by atoms with Crippen LogP contribution in [0.5, 0.6) is 0 Å². The van der Waals surface area contributed by atoms with Crippen LogP contribution in [0.15, 0.2) is 4.99 Å². The molecule has 0 radical (unpaired) electrons. The van der Waals surface area contributed by atoms with Crippen molar-refractivity contribution in [3.63, 3.8) is 0 Å². The Bertz CT molecular complexity index is 330. The van der Waals surface area contributed by atoms with Crippen molar-refractivity contribution < 1.29 is 4.79 Å². The summed E-state index contributed by atoms with van der Waals surface area (Å²) >= 11 is 0. The normalized spacial score (nSPS) is 16.1. The highest BCUT2D eigenvalue weighted by Gasteiger charge is 2.17. The zero-order valence-corrected chi connectivity index (χ0v) is 16.6. The van der Waals surface area contributed by atoms with E-state index in [1.165, 1.54) is 6.42 Å². The number of aliphatic imine (C=N–C) groups is 1. The number of carbonyl (C=O) groups excluding carboxylic acids is 1. The fourth-order valence-electron chi connectivity index (χ4n) is 2.31. The first-order chi connectivity index (χ1) is 10.2. The van der Waals surface area contributed by atoms with Gasteiger partial charge in [-0.1, -0.05) is 13.3 Å². The number of piperazine rings is 1. The molecule has 22 heavy (non-hydrogen) atoms. The first kappa shape index (κ1) is 21.4. The standard InChI is InChI=1S/C15H31N5O.HI/c1-4-6-7-17-15(16-5-2)18-8-9-19-10-12-20(13-11-19)14(3)21;/h4-13H2,1-3H3,(H2,16,17,18);1H. The number of carbonyl (C=O) groups is 1. The topological polar surface area (TPSA) is 60.0 Å². The van der Waals surface area contributed by atoms with Gasteiger partial charge in [0.25, 0.3) is 0 Å². The summed E-state index contributed by atoms with van der Waals surface area (Å²) < 4.78 is 0. The van der Waals surface area contributed by atoms with E-state index in [0.29, 0.717) is 0 Å². The molecular weight excluding hydrogens is 393 g/mol. The van der Waals surface area contributed by atoms with E-state index in [0.717, 1.165) is 64.7 Å². The molecule has 0 spiro atoms. The van der Waals surface area contributed by atoms with Crippen LogP contribution in [0.2, 0.25) is 0 Å². The molecule has 1 aliphatic heterocycles. The van der Waals surface area contributed by atoms with E-state index in [1.807, 2.05) is 4.90 Å². The lowest BCUT2D eigenvalue weighted by Crippen LogP contribution is -2.50. The van der Waals surface area contributed by atoms with Crippen molar-refractivity contribution in [1.82, 2.24) is 20.4 Å².